The van der Waals surface area contributed by atoms with Crippen LogP contribution in [0.5, 0.6) is 0 Å². The van der Waals surface area contributed by atoms with Crippen LogP contribution in [0.2, 0.25) is 0 Å². The largest absolute Gasteiger partial charge is 0.325 e. The van der Waals surface area contributed by atoms with Crippen molar-refractivity contribution in [2.75, 3.05) is 28.3 Å². The zero-order valence-electron chi connectivity index (χ0n) is 15.1. The van der Waals surface area contributed by atoms with E-state index in [9.17, 15) is 22.0 Å². The summed E-state index contributed by atoms with van der Waals surface area (Å²) in [5.41, 5.74) is 1.01. The Balaban J connectivity index is 1.55. The third-order valence-corrected chi connectivity index (χ3v) is 7.85. The molecule has 4 rings (SSSR count). The molecule has 1 amide bonds. The number of anilines is 2. The second-order valence-corrected chi connectivity index (χ2v) is 10.2. The first-order chi connectivity index (χ1) is 13.8. The van der Waals surface area contributed by atoms with Crippen LogP contribution in [-0.2, 0) is 14.6 Å². The molecule has 0 radical (unpaired) electrons. The van der Waals surface area contributed by atoms with Crippen molar-refractivity contribution in [1.29, 1.82) is 0 Å². The van der Waals surface area contributed by atoms with Crippen molar-refractivity contribution in [3.63, 3.8) is 0 Å². The van der Waals surface area contributed by atoms with Crippen molar-refractivity contribution in [3.05, 3.63) is 60.2 Å². The summed E-state index contributed by atoms with van der Waals surface area (Å²) in [6.07, 6.45) is 0. The molecule has 2 aliphatic rings. The fourth-order valence-corrected chi connectivity index (χ4v) is 7.02. The van der Waals surface area contributed by atoms with Crippen LogP contribution in [0.25, 0.3) is 0 Å². The normalized spacial score (nSPS) is 22.1. The molecule has 1 saturated heterocycles. The molecule has 2 aromatic carbocycles. The van der Waals surface area contributed by atoms with Crippen molar-refractivity contribution >= 4 is 44.0 Å². The van der Waals surface area contributed by atoms with E-state index in [4.69, 9.17) is 0 Å². The molecule has 0 bridgehead atoms. The summed E-state index contributed by atoms with van der Waals surface area (Å²) in [4.78, 5) is 18.7. The Morgan fingerprint density at radius 3 is 2.31 bits per heavy atom. The summed E-state index contributed by atoms with van der Waals surface area (Å²) in [5, 5.41) is 3.03. The van der Waals surface area contributed by atoms with E-state index in [1.165, 1.54) is 60.3 Å². The van der Waals surface area contributed by atoms with Crippen LogP contribution in [-0.4, -0.2) is 48.8 Å². The zero-order chi connectivity index (χ0) is 20.6. The predicted octanol–water partition coefficient (Wildman–Crippen LogP) is 2.68. The van der Waals surface area contributed by atoms with Gasteiger partial charge in [0.25, 0.3) is 0 Å². The van der Waals surface area contributed by atoms with Gasteiger partial charge in [0.15, 0.2) is 15.0 Å². The molecule has 2 aromatic rings. The molecular formula is C19H17F2N3O3S2. The van der Waals surface area contributed by atoms with Gasteiger partial charge in [0.05, 0.1) is 17.5 Å². The number of nitrogens with one attached hydrogen (secondary N) is 1. The van der Waals surface area contributed by atoms with Crippen molar-refractivity contribution < 1.29 is 22.0 Å². The highest BCUT2D eigenvalue weighted by atomic mass is 32.2. The molecule has 0 spiro atoms. The number of amidine groups is 1. The molecule has 1 N–H and O–H groups in total. The van der Waals surface area contributed by atoms with Crippen LogP contribution in [0.15, 0.2) is 53.5 Å². The zero-order valence-corrected chi connectivity index (χ0v) is 16.7. The minimum atomic E-state index is -3.10. The summed E-state index contributed by atoms with van der Waals surface area (Å²) < 4.78 is 50.0. The fourth-order valence-electron chi connectivity index (χ4n) is 3.24. The lowest BCUT2D eigenvalue weighted by Crippen LogP contribution is -2.36. The van der Waals surface area contributed by atoms with Gasteiger partial charge in [-0.2, -0.15) is 0 Å². The number of carbonyl (C=O) groups excluding carboxylic acids is 1. The van der Waals surface area contributed by atoms with E-state index >= 15 is 0 Å². The Labute approximate surface area is 170 Å². The van der Waals surface area contributed by atoms with Gasteiger partial charge < -0.3 is 10.2 Å². The number of thioether (sulfide) groups is 1. The molecule has 152 valence electrons. The number of sulfone groups is 1. The maximum absolute atomic E-state index is 13.4. The van der Waals surface area contributed by atoms with E-state index in [1.807, 2.05) is 0 Å². The van der Waals surface area contributed by atoms with Crippen LogP contribution in [0.4, 0.5) is 20.2 Å². The first-order valence-electron chi connectivity index (χ1n) is 8.82. The maximum atomic E-state index is 13.4. The molecule has 2 heterocycles. The van der Waals surface area contributed by atoms with Crippen molar-refractivity contribution in [1.82, 2.24) is 0 Å². The van der Waals surface area contributed by atoms with E-state index in [0.717, 1.165) is 0 Å². The number of aliphatic imine (C=N–C) groups is 1. The summed E-state index contributed by atoms with van der Waals surface area (Å²) in [6.45, 7) is -0.110. The highest BCUT2D eigenvalue weighted by Gasteiger charge is 2.44. The van der Waals surface area contributed by atoms with Gasteiger partial charge in [-0.05, 0) is 48.5 Å². The smallest absolute Gasteiger partial charge is 0.244 e. The first-order valence-corrected chi connectivity index (χ1v) is 11.5. The first kappa shape index (κ1) is 19.8. The minimum Gasteiger partial charge on any atom is -0.325 e. The van der Waals surface area contributed by atoms with E-state index in [0.29, 0.717) is 16.5 Å². The lowest BCUT2D eigenvalue weighted by Gasteiger charge is -2.24. The molecule has 2 atom stereocenters. The van der Waals surface area contributed by atoms with Crippen LogP contribution in [0.3, 0.4) is 0 Å². The standard InChI is InChI=1S/C19H17F2N3O3S2/c20-12-1-5-14(6-2-12)22-18(25)9-24(15-7-3-13(21)4-8-15)19-23-16-10-29(26,27)11-17(16)28-19/h1-8,16-17H,9-11H2,(H,22,25)/t16-,17-/m0/s1. The van der Waals surface area contributed by atoms with Gasteiger partial charge in [0, 0.05) is 16.6 Å². The quantitative estimate of drug-likeness (QED) is 0.796. The second-order valence-electron chi connectivity index (χ2n) is 6.83. The molecule has 0 aliphatic carbocycles. The third kappa shape index (κ3) is 4.59. The van der Waals surface area contributed by atoms with Crippen molar-refractivity contribution in [3.8, 4) is 0 Å². The van der Waals surface area contributed by atoms with Gasteiger partial charge in [0.1, 0.15) is 18.2 Å². The Hall–Kier alpha value is -2.46. The molecule has 0 aromatic heterocycles. The molecule has 1 fully saturated rings. The fraction of sp³-hybridized carbons (Fsp3) is 0.263. The molecular weight excluding hydrogens is 420 g/mol. The number of benzene rings is 2. The Kier molecular flexibility index (Phi) is 5.30. The van der Waals surface area contributed by atoms with Gasteiger partial charge in [0.2, 0.25) is 5.91 Å². The number of halogens is 2. The number of fused-ring (bicyclic) bond motifs is 1. The molecule has 10 heteroatoms. The Morgan fingerprint density at radius 1 is 1.07 bits per heavy atom. The summed E-state index contributed by atoms with van der Waals surface area (Å²) in [6, 6.07) is 10.7. The van der Waals surface area contributed by atoms with Gasteiger partial charge in [-0.3, -0.25) is 9.79 Å². The highest BCUT2D eigenvalue weighted by molar-refractivity contribution is 8.15. The third-order valence-electron chi connectivity index (χ3n) is 4.60. The van der Waals surface area contributed by atoms with Gasteiger partial charge in [-0.1, -0.05) is 11.8 Å². The van der Waals surface area contributed by atoms with E-state index in [-0.39, 0.29) is 35.2 Å². The predicted molar refractivity (Wildman–Crippen MR) is 110 cm³/mol. The van der Waals surface area contributed by atoms with Crippen molar-refractivity contribution in [2.24, 2.45) is 4.99 Å². The van der Waals surface area contributed by atoms with Crippen LogP contribution < -0.4 is 10.2 Å². The van der Waals surface area contributed by atoms with Crippen LogP contribution in [0, 0.1) is 11.6 Å². The van der Waals surface area contributed by atoms with Gasteiger partial charge in [-0.25, -0.2) is 17.2 Å². The Morgan fingerprint density at radius 2 is 1.69 bits per heavy atom. The average Bonchev–Trinajstić information content (AvgIpc) is 3.16. The summed E-state index contributed by atoms with van der Waals surface area (Å²) in [7, 11) is -3.10. The topological polar surface area (TPSA) is 78.8 Å². The molecule has 0 unspecified atom stereocenters. The summed E-state index contributed by atoms with van der Waals surface area (Å²) in [5.74, 6) is -1.14. The Bertz CT molecular complexity index is 1060. The summed E-state index contributed by atoms with van der Waals surface area (Å²) >= 11 is 1.31. The van der Waals surface area contributed by atoms with E-state index in [1.54, 1.807) is 4.90 Å². The maximum Gasteiger partial charge on any atom is 0.244 e. The second kappa shape index (κ2) is 7.75. The van der Waals surface area contributed by atoms with Gasteiger partial charge in [-0.15, -0.1) is 0 Å². The molecule has 29 heavy (non-hydrogen) atoms. The number of hydrogen-bond donors (Lipinski definition) is 1. The lowest BCUT2D eigenvalue weighted by atomic mass is 10.2. The number of rotatable bonds is 4. The molecule has 2 aliphatic heterocycles. The highest BCUT2D eigenvalue weighted by Crippen LogP contribution is 2.36. The van der Waals surface area contributed by atoms with Crippen molar-refractivity contribution in [2.45, 2.75) is 11.3 Å². The van der Waals surface area contributed by atoms with Crippen LogP contribution >= 0.6 is 11.8 Å². The molecule has 6 nitrogen and oxygen atoms in total. The molecule has 0 saturated carbocycles. The van der Waals surface area contributed by atoms with E-state index in [2.05, 4.69) is 10.3 Å². The number of nitrogens with zero attached hydrogens (tertiary/aromatic N) is 2. The van der Waals surface area contributed by atoms with Crippen LogP contribution in [0.1, 0.15) is 0 Å². The number of carbonyl (C=O) groups is 1. The van der Waals surface area contributed by atoms with E-state index < -0.39 is 21.5 Å². The van der Waals surface area contributed by atoms with Gasteiger partial charge >= 0.3 is 0 Å². The average molecular weight is 437 g/mol. The SMILES string of the molecule is O=C(CN(C1=N[C@H]2CS(=O)(=O)C[C@@H]2S1)c1ccc(F)cc1)Nc1ccc(F)cc1. The minimum absolute atomic E-state index is 0.00675. The number of amides is 1. The monoisotopic (exact) mass is 437 g/mol. The number of hydrogen-bond acceptors (Lipinski definition) is 6. The lowest BCUT2D eigenvalue weighted by molar-refractivity contribution is -0.114.